The first-order chi connectivity index (χ1) is 15.3. The Morgan fingerprint density at radius 1 is 0.906 bits per heavy atom. The van der Waals surface area contributed by atoms with Crippen molar-refractivity contribution in [3.63, 3.8) is 0 Å². The highest BCUT2D eigenvalue weighted by Crippen LogP contribution is 2.30. The van der Waals surface area contributed by atoms with E-state index >= 15 is 0 Å². The number of hydrogen-bond acceptors (Lipinski definition) is 4. The molecule has 0 saturated heterocycles. The number of benzene rings is 3. The van der Waals surface area contributed by atoms with Crippen molar-refractivity contribution in [2.24, 2.45) is 0 Å². The van der Waals surface area contributed by atoms with Gasteiger partial charge in [-0.05, 0) is 67.1 Å². The number of nitrogens with zero attached hydrogens (tertiary/aromatic N) is 1. The van der Waals surface area contributed by atoms with Crippen LogP contribution >= 0.6 is 11.6 Å². The van der Waals surface area contributed by atoms with E-state index in [-0.39, 0.29) is 22.3 Å². The molecule has 2 N–H and O–H groups in total. The van der Waals surface area contributed by atoms with Gasteiger partial charge in [0.1, 0.15) is 16.5 Å². The normalized spacial score (nSPS) is 13.5. The molecule has 0 aliphatic carbocycles. The molecule has 0 radical (unpaired) electrons. The molecule has 0 fully saturated rings. The minimum absolute atomic E-state index is 0.128. The van der Waals surface area contributed by atoms with Crippen molar-refractivity contribution in [1.82, 2.24) is 0 Å². The molecule has 0 aromatic heterocycles. The van der Waals surface area contributed by atoms with Crippen LogP contribution in [0.4, 0.5) is 21.5 Å². The first-order valence-electron chi connectivity index (χ1n) is 9.63. The summed E-state index contributed by atoms with van der Waals surface area (Å²) >= 11 is 6.13. The average molecular weight is 450 g/mol. The van der Waals surface area contributed by atoms with Gasteiger partial charge in [-0.15, -0.1) is 0 Å². The van der Waals surface area contributed by atoms with Crippen molar-refractivity contribution in [2.75, 3.05) is 15.5 Å². The van der Waals surface area contributed by atoms with E-state index in [1.165, 1.54) is 12.1 Å². The molecule has 6 nitrogen and oxygen atoms in total. The lowest BCUT2D eigenvalue weighted by Crippen LogP contribution is -2.32. The predicted molar refractivity (Wildman–Crippen MR) is 121 cm³/mol. The van der Waals surface area contributed by atoms with Gasteiger partial charge in [-0.1, -0.05) is 29.8 Å². The Hall–Kier alpha value is -3.97. The molecule has 160 valence electrons. The summed E-state index contributed by atoms with van der Waals surface area (Å²) in [5.41, 5.74) is 2.48. The van der Waals surface area contributed by atoms with E-state index in [0.29, 0.717) is 16.9 Å². The number of nitrogens with one attached hydrogen (secondary N) is 2. The molecule has 1 heterocycles. The van der Waals surface area contributed by atoms with Crippen LogP contribution < -0.4 is 15.5 Å². The zero-order valence-electron chi connectivity index (χ0n) is 16.9. The minimum atomic E-state index is -0.723. The SMILES string of the molecule is Cc1cccc(NC(=O)c2cccc(NC3=C(Cl)C(=O)N(c4ccc(F)cc4)C3=O)c2)c1. The Balaban J connectivity index is 1.54. The van der Waals surface area contributed by atoms with Crippen LogP contribution in [0.5, 0.6) is 0 Å². The maximum Gasteiger partial charge on any atom is 0.283 e. The molecule has 0 bridgehead atoms. The molecule has 0 spiro atoms. The zero-order valence-corrected chi connectivity index (χ0v) is 17.6. The van der Waals surface area contributed by atoms with Crippen LogP contribution in [-0.2, 0) is 9.59 Å². The van der Waals surface area contributed by atoms with Gasteiger partial charge in [0.25, 0.3) is 17.7 Å². The Morgan fingerprint density at radius 3 is 2.31 bits per heavy atom. The molecule has 8 heteroatoms. The van der Waals surface area contributed by atoms with Crippen LogP contribution in [0.2, 0.25) is 0 Å². The number of rotatable bonds is 5. The zero-order chi connectivity index (χ0) is 22.8. The second-order valence-electron chi connectivity index (χ2n) is 7.14. The predicted octanol–water partition coefficient (Wildman–Crippen LogP) is 4.82. The number of imide groups is 1. The van der Waals surface area contributed by atoms with Gasteiger partial charge in [-0.25, -0.2) is 9.29 Å². The Morgan fingerprint density at radius 2 is 1.59 bits per heavy atom. The maximum atomic E-state index is 13.2. The Labute approximate surface area is 188 Å². The molecule has 3 aromatic rings. The van der Waals surface area contributed by atoms with Crippen molar-refractivity contribution in [3.8, 4) is 0 Å². The van der Waals surface area contributed by atoms with E-state index in [2.05, 4.69) is 10.6 Å². The van der Waals surface area contributed by atoms with Gasteiger partial charge >= 0.3 is 0 Å². The van der Waals surface area contributed by atoms with Crippen molar-refractivity contribution in [2.45, 2.75) is 6.92 Å². The first-order valence-corrected chi connectivity index (χ1v) is 10.0. The average Bonchev–Trinajstić information content (AvgIpc) is 2.98. The maximum absolute atomic E-state index is 13.2. The second-order valence-corrected chi connectivity index (χ2v) is 7.52. The minimum Gasteiger partial charge on any atom is -0.350 e. The number of aryl methyl sites for hydroxylation is 1. The van der Waals surface area contributed by atoms with E-state index in [0.717, 1.165) is 22.6 Å². The van der Waals surface area contributed by atoms with Crippen molar-refractivity contribution >= 4 is 46.4 Å². The fourth-order valence-corrected chi connectivity index (χ4v) is 3.46. The molecule has 3 aromatic carbocycles. The molecule has 0 saturated carbocycles. The number of carbonyl (C=O) groups is 3. The van der Waals surface area contributed by atoms with E-state index < -0.39 is 17.6 Å². The van der Waals surface area contributed by atoms with Crippen molar-refractivity contribution < 1.29 is 18.8 Å². The fraction of sp³-hybridized carbons (Fsp3) is 0.0417. The number of halogens is 2. The van der Waals surface area contributed by atoms with Crippen molar-refractivity contribution in [3.05, 3.63) is 100 Å². The van der Waals surface area contributed by atoms with Crippen LogP contribution in [-0.4, -0.2) is 17.7 Å². The van der Waals surface area contributed by atoms with Gasteiger partial charge in [0.2, 0.25) is 0 Å². The quantitative estimate of drug-likeness (QED) is 0.547. The van der Waals surface area contributed by atoms with Crippen LogP contribution in [0, 0.1) is 12.7 Å². The lowest BCUT2D eigenvalue weighted by atomic mass is 10.1. The lowest BCUT2D eigenvalue weighted by molar-refractivity contribution is -0.120. The van der Waals surface area contributed by atoms with Crippen LogP contribution in [0.15, 0.2) is 83.5 Å². The molecule has 0 atom stereocenters. The summed E-state index contributed by atoms with van der Waals surface area (Å²) in [6.07, 6.45) is 0. The van der Waals surface area contributed by atoms with Gasteiger partial charge in [0.15, 0.2) is 0 Å². The van der Waals surface area contributed by atoms with E-state index in [1.54, 1.807) is 30.3 Å². The van der Waals surface area contributed by atoms with Crippen LogP contribution in [0.1, 0.15) is 15.9 Å². The van der Waals surface area contributed by atoms with E-state index in [1.807, 2.05) is 25.1 Å². The number of hydrogen-bond donors (Lipinski definition) is 2. The topological polar surface area (TPSA) is 78.5 Å². The largest absolute Gasteiger partial charge is 0.350 e. The molecular formula is C24H17ClFN3O3. The summed E-state index contributed by atoms with van der Waals surface area (Å²) < 4.78 is 13.2. The molecule has 32 heavy (non-hydrogen) atoms. The smallest absolute Gasteiger partial charge is 0.283 e. The van der Waals surface area contributed by atoms with E-state index in [9.17, 15) is 18.8 Å². The molecule has 1 aliphatic heterocycles. The number of carbonyl (C=O) groups excluding carboxylic acids is 3. The Kier molecular flexibility index (Phi) is 5.75. The monoisotopic (exact) mass is 449 g/mol. The Bertz CT molecular complexity index is 1270. The van der Waals surface area contributed by atoms with Gasteiger partial charge in [-0.3, -0.25) is 14.4 Å². The third-order valence-corrected chi connectivity index (χ3v) is 5.13. The first kappa shape index (κ1) is 21.3. The van der Waals surface area contributed by atoms with Gasteiger partial charge in [0, 0.05) is 16.9 Å². The van der Waals surface area contributed by atoms with Gasteiger partial charge < -0.3 is 10.6 Å². The summed E-state index contributed by atoms with van der Waals surface area (Å²) in [5.74, 6) is -2.23. The summed E-state index contributed by atoms with van der Waals surface area (Å²) in [6, 6.07) is 18.8. The molecule has 4 rings (SSSR count). The summed E-state index contributed by atoms with van der Waals surface area (Å²) in [7, 11) is 0. The van der Waals surface area contributed by atoms with Crippen molar-refractivity contribution in [1.29, 1.82) is 0 Å². The standard InChI is InChI=1S/C24H17ClFN3O3/c1-14-4-2-6-17(12-14)28-22(30)15-5-3-7-18(13-15)27-21-20(25)23(31)29(24(21)32)19-10-8-16(26)9-11-19/h2-13,27H,1H3,(H,28,30). The number of amides is 3. The summed E-state index contributed by atoms with van der Waals surface area (Å²) in [6.45, 7) is 1.92. The highest BCUT2D eigenvalue weighted by Gasteiger charge is 2.39. The highest BCUT2D eigenvalue weighted by molar-refractivity contribution is 6.53. The lowest BCUT2D eigenvalue weighted by Gasteiger charge is -2.15. The highest BCUT2D eigenvalue weighted by atomic mass is 35.5. The summed E-state index contributed by atoms with van der Waals surface area (Å²) in [5, 5.41) is 5.35. The van der Waals surface area contributed by atoms with Gasteiger partial charge in [-0.2, -0.15) is 0 Å². The van der Waals surface area contributed by atoms with Gasteiger partial charge in [0.05, 0.1) is 5.69 Å². The third-order valence-electron chi connectivity index (χ3n) is 4.78. The molecular weight excluding hydrogens is 433 g/mol. The van der Waals surface area contributed by atoms with E-state index in [4.69, 9.17) is 11.6 Å². The molecule has 3 amide bonds. The van der Waals surface area contributed by atoms with Crippen LogP contribution in [0.25, 0.3) is 0 Å². The second kappa shape index (κ2) is 8.64. The molecule has 0 unspecified atom stereocenters. The number of anilines is 3. The summed E-state index contributed by atoms with van der Waals surface area (Å²) in [4.78, 5) is 38.8. The third kappa shape index (κ3) is 4.24. The molecule has 1 aliphatic rings. The fourth-order valence-electron chi connectivity index (χ4n) is 3.24. The van der Waals surface area contributed by atoms with Crippen LogP contribution in [0.3, 0.4) is 0 Å².